The topological polar surface area (TPSA) is 57.8 Å². The predicted octanol–water partition coefficient (Wildman–Crippen LogP) is 1.55. The molecule has 0 aromatic carbocycles. The van der Waals surface area contributed by atoms with Crippen LogP contribution in [-0.2, 0) is 6.42 Å². The molecule has 1 aromatic rings. The Bertz CT molecular complexity index is 431. The molecule has 2 N–H and O–H groups in total. The summed E-state index contributed by atoms with van der Waals surface area (Å²) in [5, 5.41) is 3.08. The highest BCUT2D eigenvalue weighted by molar-refractivity contribution is 5.36. The molecule has 4 nitrogen and oxygen atoms in total. The Morgan fingerprint density at radius 1 is 1.62 bits per heavy atom. The van der Waals surface area contributed by atoms with E-state index >= 15 is 0 Å². The molecule has 1 heterocycles. The summed E-state index contributed by atoms with van der Waals surface area (Å²) in [5.74, 6) is 3.87. The van der Waals surface area contributed by atoms with Gasteiger partial charge in [0.1, 0.15) is 11.6 Å². The maximum atomic E-state index is 11.3. The van der Waals surface area contributed by atoms with Crippen LogP contribution in [0.15, 0.2) is 10.9 Å². The van der Waals surface area contributed by atoms with Gasteiger partial charge in [-0.05, 0) is 6.42 Å². The van der Waals surface area contributed by atoms with E-state index in [4.69, 9.17) is 6.42 Å². The van der Waals surface area contributed by atoms with Gasteiger partial charge in [0, 0.05) is 12.5 Å². The maximum absolute atomic E-state index is 11.3. The van der Waals surface area contributed by atoms with Gasteiger partial charge in [-0.2, -0.15) is 0 Å². The molecule has 0 saturated heterocycles. The van der Waals surface area contributed by atoms with E-state index in [1.165, 1.54) is 6.07 Å². The van der Waals surface area contributed by atoms with Gasteiger partial charge in [0.2, 0.25) is 0 Å². The lowest BCUT2D eigenvalue weighted by Gasteiger charge is -2.12. The average Bonchev–Trinajstić information content (AvgIpc) is 2.27. The zero-order valence-electron chi connectivity index (χ0n) is 9.71. The van der Waals surface area contributed by atoms with Gasteiger partial charge >= 0.3 is 0 Å². The van der Waals surface area contributed by atoms with Crippen molar-refractivity contribution in [2.75, 3.05) is 5.32 Å². The summed E-state index contributed by atoms with van der Waals surface area (Å²) in [4.78, 5) is 18.2. The number of aryl methyl sites for hydroxylation is 1. The van der Waals surface area contributed by atoms with E-state index in [2.05, 4.69) is 28.1 Å². The minimum absolute atomic E-state index is 0.0657. The van der Waals surface area contributed by atoms with Crippen LogP contribution in [0.1, 0.15) is 32.5 Å². The third-order valence-electron chi connectivity index (χ3n) is 2.23. The van der Waals surface area contributed by atoms with E-state index in [1.807, 2.05) is 6.92 Å². The second-order valence-electron chi connectivity index (χ2n) is 3.58. The third-order valence-corrected chi connectivity index (χ3v) is 2.23. The fourth-order valence-electron chi connectivity index (χ4n) is 1.41. The molecule has 1 rings (SSSR count). The molecule has 1 atom stereocenters. The number of hydrogen-bond donors (Lipinski definition) is 2. The van der Waals surface area contributed by atoms with Gasteiger partial charge in [-0.3, -0.25) is 4.79 Å². The van der Waals surface area contributed by atoms with Crippen LogP contribution in [0.4, 0.5) is 5.82 Å². The fraction of sp³-hybridized carbons (Fsp3) is 0.500. The Labute approximate surface area is 95.5 Å². The molecule has 86 valence electrons. The van der Waals surface area contributed by atoms with E-state index in [-0.39, 0.29) is 11.6 Å². The smallest absolute Gasteiger partial charge is 0.252 e. The van der Waals surface area contributed by atoms with E-state index < -0.39 is 0 Å². The van der Waals surface area contributed by atoms with Gasteiger partial charge in [0.25, 0.3) is 5.56 Å². The summed E-state index contributed by atoms with van der Waals surface area (Å²) >= 11 is 0. The van der Waals surface area contributed by atoms with E-state index in [0.29, 0.717) is 18.1 Å². The van der Waals surface area contributed by atoms with Crippen LogP contribution in [0, 0.1) is 12.3 Å². The standard InChI is InChI=1S/C12H17N3O/c1-4-7-9(5-2)13-11-8-12(16)15-10(6-3)14-11/h2,8-9H,4,6-7H2,1,3H3,(H2,13,14,15,16). The van der Waals surface area contributed by atoms with Crippen LogP contribution < -0.4 is 10.9 Å². The molecular weight excluding hydrogens is 202 g/mol. The number of anilines is 1. The van der Waals surface area contributed by atoms with Crippen molar-refractivity contribution in [3.05, 3.63) is 22.2 Å². The first-order chi connectivity index (χ1) is 7.69. The van der Waals surface area contributed by atoms with Crippen LogP contribution >= 0.6 is 0 Å². The van der Waals surface area contributed by atoms with Gasteiger partial charge in [-0.15, -0.1) is 6.42 Å². The molecule has 0 amide bonds. The van der Waals surface area contributed by atoms with Gasteiger partial charge in [0.15, 0.2) is 0 Å². The number of aromatic nitrogens is 2. The molecule has 1 unspecified atom stereocenters. The number of aromatic amines is 1. The first-order valence-electron chi connectivity index (χ1n) is 5.52. The molecule has 0 aliphatic heterocycles. The highest BCUT2D eigenvalue weighted by atomic mass is 16.1. The number of terminal acetylenes is 1. The van der Waals surface area contributed by atoms with E-state index in [0.717, 1.165) is 12.8 Å². The third kappa shape index (κ3) is 3.43. The molecule has 0 radical (unpaired) electrons. The lowest BCUT2D eigenvalue weighted by Crippen LogP contribution is -2.20. The predicted molar refractivity (Wildman–Crippen MR) is 65.4 cm³/mol. The van der Waals surface area contributed by atoms with Gasteiger partial charge in [-0.1, -0.05) is 26.2 Å². The lowest BCUT2D eigenvalue weighted by molar-refractivity contribution is 0.749. The summed E-state index contributed by atoms with van der Waals surface area (Å²) in [7, 11) is 0. The van der Waals surface area contributed by atoms with Crippen molar-refractivity contribution in [2.24, 2.45) is 0 Å². The van der Waals surface area contributed by atoms with Crippen molar-refractivity contribution in [1.82, 2.24) is 9.97 Å². The Balaban J connectivity index is 2.84. The van der Waals surface area contributed by atoms with Crippen LogP contribution in [0.2, 0.25) is 0 Å². The molecular formula is C12H17N3O. The molecule has 16 heavy (non-hydrogen) atoms. The van der Waals surface area contributed by atoms with Gasteiger partial charge in [0.05, 0.1) is 6.04 Å². The van der Waals surface area contributed by atoms with Gasteiger partial charge < -0.3 is 10.3 Å². The SMILES string of the molecule is C#CC(CCC)Nc1cc(=O)[nH]c(CC)n1. The van der Waals surface area contributed by atoms with Crippen LogP contribution in [-0.4, -0.2) is 16.0 Å². The van der Waals surface area contributed by atoms with Gasteiger partial charge in [-0.25, -0.2) is 4.98 Å². The summed E-state index contributed by atoms with van der Waals surface area (Å²) in [6.45, 7) is 4.00. The lowest BCUT2D eigenvalue weighted by atomic mass is 10.2. The Hall–Kier alpha value is -1.76. The zero-order valence-corrected chi connectivity index (χ0v) is 9.71. The highest BCUT2D eigenvalue weighted by Gasteiger charge is 2.05. The second kappa shape index (κ2) is 5.96. The fourth-order valence-corrected chi connectivity index (χ4v) is 1.41. The van der Waals surface area contributed by atoms with Crippen molar-refractivity contribution in [2.45, 2.75) is 39.2 Å². The van der Waals surface area contributed by atoms with Crippen LogP contribution in [0.3, 0.4) is 0 Å². The summed E-state index contributed by atoms with van der Waals surface area (Å²) in [5.41, 5.74) is -0.151. The van der Waals surface area contributed by atoms with E-state index in [9.17, 15) is 4.79 Å². The van der Waals surface area contributed by atoms with Crippen molar-refractivity contribution in [1.29, 1.82) is 0 Å². The first kappa shape index (κ1) is 12.3. The zero-order chi connectivity index (χ0) is 12.0. The summed E-state index contributed by atoms with van der Waals surface area (Å²) < 4.78 is 0. The molecule has 0 saturated carbocycles. The molecule has 0 aliphatic rings. The maximum Gasteiger partial charge on any atom is 0.252 e. The molecule has 0 bridgehead atoms. The molecule has 1 aromatic heterocycles. The molecule has 0 spiro atoms. The minimum atomic E-state index is -0.151. The van der Waals surface area contributed by atoms with Crippen molar-refractivity contribution in [3.63, 3.8) is 0 Å². The van der Waals surface area contributed by atoms with Crippen molar-refractivity contribution < 1.29 is 0 Å². The van der Waals surface area contributed by atoms with Crippen molar-refractivity contribution >= 4 is 5.82 Å². The largest absolute Gasteiger partial charge is 0.356 e. The monoisotopic (exact) mass is 219 g/mol. The highest BCUT2D eigenvalue weighted by Crippen LogP contribution is 2.05. The Kier molecular flexibility index (Phi) is 4.59. The molecule has 4 heteroatoms. The number of nitrogens with one attached hydrogen (secondary N) is 2. The number of rotatable bonds is 5. The summed E-state index contributed by atoms with van der Waals surface area (Å²) in [6, 6.07) is 1.36. The normalized spacial score (nSPS) is 11.8. The number of hydrogen-bond acceptors (Lipinski definition) is 3. The first-order valence-corrected chi connectivity index (χ1v) is 5.52. The number of H-pyrrole nitrogens is 1. The van der Waals surface area contributed by atoms with Crippen molar-refractivity contribution in [3.8, 4) is 12.3 Å². The quantitative estimate of drug-likeness (QED) is 0.739. The van der Waals surface area contributed by atoms with Crippen LogP contribution in [0.5, 0.6) is 0 Å². The molecule has 0 fully saturated rings. The number of nitrogens with zero attached hydrogens (tertiary/aromatic N) is 1. The Morgan fingerprint density at radius 3 is 2.94 bits per heavy atom. The summed E-state index contributed by atoms with van der Waals surface area (Å²) in [6.07, 6.45) is 7.94. The minimum Gasteiger partial charge on any atom is -0.356 e. The van der Waals surface area contributed by atoms with E-state index in [1.54, 1.807) is 0 Å². The van der Waals surface area contributed by atoms with Crippen LogP contribution in [0.25, 0.3) is 0 Å². The Morgan fingerprint density at radius 2 is 2.38 bits per heavy atom. The average molecular weight is 219 g/mol. The molecule has 0 aliphatic carbocycles. The second-order valence-corrected chi connectivity index (χ2v) is 3.58.